The van der Waals surface area contributed by atoms with Gasteiger partial charge >= 0.3 is 18.2 Å². The zero-order valence-corrected chi connectivity index (χ0v) is 11.7. The summed E-state index contributed by atoms with van der Waals surface area (Å²) in [5.41, 5.74) is 0. The minimum Gasteiger partial charge on any atom is -0.449 e. The Balaban J connectivity index is 2.24. The first kappa shape index (κ1) is 14.9. The van der Waals surface area contributed by atoms with E-state index in [-0.39, 0.29) is 13.2 Å². The molecule has 0 aromatic rings. The third-order valence-electron chi connectivity index (χ3n) is 2.98. The second kappa shape index (κ2) is 6.29. The van der Waals surface area contributed by atoms with E-state index in [2.05, 4.69) is 0 Å². The molecule has 0 fully saturated rings. The normalized spacial score (nSPS) is 20.9. The summed E-state index contributed by atoms with van der Waals surface area (Å²) in [6.07, 6.45) is 3.26. The van der Waals surface area contributed by atoms with Gasteiger partial charge in [0.1, 0.15) is 12.1 Å². The first-order valence-corrected chi connectivity index (χ1v) is 6.55. The first-order valence-electron chi connectivity index (χ1n) is 6.55. The van der Waals surface area contributed by atoms with Crippen molar-refractivity contribution in [1.29, 1.82) is 0 Å². The van der Waals surface area contributed by atoms with Crippen molar-refractivity contribution in [2.45, 2.75) is 20.0 Å². The number of cyclic esters (lactones) is 1. The van der Waals surface area contributed by atoms with E-state index in [1.54, 1.807) is 13.8 Å². The lowest BCUT2D eigenvalue weighted by Gasteiger charge is -2.30. The molecule has 8 nitrogen and oxygen atoms in total. The quantitative estimate of drug-likeness (QED) is 0.578. The monoisotopic (exact) mass is 296 g/mol. The van der Waals surface area contributed by atoms with E-state index >= 15 is 0 Å². The van der Waals surface area contributed by atoms with Crippen LogP contribution in [0.5, 0.6) is 0 Å². The third kappa shape index (κ3) is 2.83. The van der Waals surface area contributed by atoms with Gasteiger partial charge in [-0.2, -0.15) is 0 Å². The molecule has 0 saturated heterocycles. The summed E-state index contributed by atoms with van der Waals surface area (Å²) in [4.78, 5) is 38.0. The van der Waals surface area contributed by atoms with Crippen molar-refractivity contribution in [3.63, 3.8) is 0 Å². The van der Waals surface area contributed by atoms with Crippen molar-refractivity contribution in [2.75, 3.05) is 13.2 Å². The molecule has 0 spiro atoms. The summed E-state index contributed by atoms with van der Waals surface area (Å²) in [6.45, 7) is 3.69. The predicted octanol–water partition coefficient (Wildman–Crippen LogP) is 1.40. The molecule has 2 amide bonds. The molecular formula is C13H16N2O6. The summed E-state index contributed by atoms with van der Waals surface area (Å²) in [6, 6.07) is 0. The maximum Gasteiger partial charge on any atom is 0.415 e. The Hall–Kier alpha value is -2.51. The fraction of sp³-hybridized carbons (Fsp3) is 0.462. The molecule has 2 heterocycles. The van der Waals surface area contributed by atoms with E-state index in [4.69, 9.17) is 14.2 Å². The summed E-state index contributed by atoms with van der Waals surface area (Å²) < 4.78 is 14.6. The van der Waals surface area contributed by atoms with Crippen molar-refractivity contribution in [3.05, 3.63) is 24.7 Å². The second-order valence-electron chi connectivity index (χ2n) is 4.22. The van der Waals surface area contributed by atoms with E-state index in [1.165, 1.54) is 34.5 Å². The molecule has 2 rings (SSSR count). The van der Waals surface area contributed by atoms with Crippen LogP contribution >= 0.6 is 0 Å². The molecule has 0 saturated carbocycles. The lowest BCUT2D eigenvalue weighted by atomic mass is 10.1. The fourth-order valence-electron chi connectivity index (χ4n) is 2.10. The first-order chi connectivity index (χ1) is 10.1. The number of hydrogen-bond acceptors (Lipinski definition) is 6. The van der Waals surface area contributed by atoms with Crippen molar-refractivity contribution in [3.8, 4) is 0 Å². The van der Waals surface area contributed by atoms with Gasteiger partial charge in [0.25, 0.3) is 0 Å². The number of nitrogens with zero attached hydrogens (tertiary/aromatic N) is 2. The molecule has 1 unspecified atom stereocenters. The molecule has 1 atom stereocenters. The van der Waals surface area contributed by atoms with Gasteiger partial charge in [-0.15, -0.1) is 0 Å². The molecule has 0 N–H and O–H groups in total. The number of amides is 2. The van der Waals surface area contributed by atoms with Crippen LogP contribution in [0.1, 0.15) is 13.8 Å². The lowest BCUT2D eigenvalue weighted by Crippen LogP contribution is -2.50. The van der Waals surface area contributed by atoms with Gasteiger partial charge in [0.05, 0.1) is 19.5 Å². The van der Waals surface area contributed by atoms with Crippen molar-refractivity contribution in [1.82, 2.24) is 9.80 Å². The molecule has 114 valence electrons. The van der Waals surface area contributed by atoms with Crippen LogP contribution in [0.3, 0.4) is 0 Å². The minimum absolute atomic E-state index is 0.181. The van der Waals surface area contributed by atoms with Crippen LogP contribution in [-0.4, -0.2) is 47.3 Å². The van der Waals surface area contributed by atoms with E-state index in [1.807, 2.05) is 0 Å². The molecule has 0 aliphatic carbocycles. The zero-order chi connectivity index (χ0) is 15.4. The van der Waals surface area contributed by atoms with E-state index in [9.17, 15) is 14.4 Å². The van der Waals surface area contributed by atoms with Crippen molar-refractivity contribution >= 4 is 18.2 Å². The highest BCUT2D eigenvalue weighted by Gasteiger charge is 2.45. The average Bonchev–Trinajstić information content (AvgIpc) is 3.04. The maximum atomic E-state index is 11.9. The summed E-state index contributed by atoms with van der Waals surface area (Å²) in [5, 5.41) is 0. The number of rotatable bonds is 3. The van der Waals surface area contributed by atoms with Gasteiger partial charge in [-0.05, 0) is 19.9 Å². The Morgan fingerprint density at radius 1 is 1.14 bits per heavy atom. The smallest absolute Gasteiger partial charge is 0.415 e. The Bertz CT molecular complexity index is 473. The molecule has 0 radical (unpaired) electrons. The van der Waals surface area contributed by atoms with E-state index in [0.29, 0.717) is 0 Å². The molecule has 0 bridgehead atoms. The third-order valence-corrected chi connectivity index (χ3v) is 2.98. The maximum absolute atomic E-state index is 11.9. The van der Waals surface area contributed by atoms with Gasteiger partial charge in [0.15, 0.2) is 0 Å². The van der Waals surface area contributed by atoms with Crippen LogP contribution in [0.15, 0.2) is 24.7 Å². The van der Waals surface area contributed by atoms with Crippen molar-refractivity contribution < 1.29 is 28.6 Å². The average molecular weight is 296 g/mol. The standard InChI is InChI=1S/C13H16N2O6/c1-3-19-12(17)14-6-7-15(13(18)20-4-2)10(14)9-5-8-21-11(9)16/h5-10H,3-4H2,1-2H3. The molecule has 8 heteroatoms. The topological polar surface area (TPSA) is 85.4 Å². The van der Waals surface area contributed by atoms with Gasteiger partial charge in [0, 0.05) is 12.4 Å². The number of hydrogen-bond donors (Lipinski definition) is 0. The predicted molar refractivity (Wildman–Crippen MR) is 69.4 cm³/mol. The van der Waals surface area contributed by atoms with Crippen LogP contribution in [-0.2, 0) is 19.0 Å². The molecule has 2 aliphatic rings. The largest absolute Gasteiger partial charge is 0.449 e. The fourth-order valence-corrected chi connectivity index (χ4v) is 2.10. The van der Waals surface area contributed by atoms with Gasteiger partial charge < -0.3 is 14.2 Å². The molecule has 2 aliphatic heterocycles. The number of carbonyl (C=O) groups is 3. The van der Waals surface area contributed by atoms with Crippen LogP contribution in [0.25, 0.3) is 0 Å². The summed E-state index contributed by atoms with van der Waals surface area (Å²) in [7, 11) is 0. The van der Waals surface area contributed by atoms with Gasteiger partial charge in [-0.25, -0.2) is 9.59 Å². The van der Waals surface area contributed by atoms with Gasteiger partial charge in [0.2, 0.25) is 0 Å². The summed E-state index contributed by atoms with van der Waals surface area (Å²) in [5.74, 6) is -1.35. The van der Waals surface area contributed by atoms with E-state index in [0.717, 1.165) is 0 Å². The Labute approximate surface area is 121 Å². The van der Waals surface area contributed by atoms with Crippen LogP contribution in [0.2, 0.25) is 0 Å². The van der Waals surface area contributed by atoms with E-state index < -0.39 is 30.2 Å². The van der Waals surface area contributed by atoms with Gasteiger partial charge in [-0.1, -0.05) is 0 Å². The van der Waals surface area contributed by atoms with Crippen molar-refractivity contribution in [2.24, 2.45) is 5.92 Å². The molecule has 0 aromatic heterocycles. The number of carbonyl (C=O) groups excluding carboxylic acids is 3. The SMILES string of the molecule is CCOC(=O)N1C=CN(C(=O)OCC)C1C1C=COC1=O. The highest BCUT2D eigenvalue weighted by molar-refractivity contribution is 5.82. The number of esters is 1. The van der Waals surface area contributed by atoms with Crippen LogP contribution in [0.4, 0.5) is 9.59 Å². The Morgan fingerprint density at radius 2 is 1.67 bits per heavy atom. The number of ether oxygens (including phenoxy) is 3. The Morgan fingerprint density at radius 3 is 2.05 bits per heavy atom. The van der Waals surface area contributed by atoms with Crippen LogP contribution in [0, 0.1) is 5.92 Å². The van der Waals surface area contributed by atoms with Gasteiger partial charge in [-0.3, -0.25) is 14.6 Å². The summed E-state index contributed by atoms with van der Waals surface area (Å²) >= 11 is 0. The highest BCUT2D eigenvalue weighted by Crippen LogP contribution is 2.29. The molecule has 0 aromatic carbocycles. The zero-order valence-electron chi connectivity index (χ0n) is 11.7. The molecule has 21 heavy (non-hydrogen) atoms. The minimum atomic E-state index is -0.894. The second-order valence-corrected chi connectivity index (χ2v) is 4.22. The van der Waals surface area contributed by atoms with Crippen LogP contribution < -0.4 is 0 Å². The Kier molecular flexibility index (Phi) is 4.46. The highest BCUT2D eigenvalue weighted by atomic mass is 16.6. The lowest BCUT2D eigenvalue weighted by molar-refractivity contribution is -0.141. The molecular weight excluding hydrogens is 280 g/mol.